The second-order valence-electron chi connectivity index (χ2n) is 4.65. The van der Waals surface area contributed by atoms with Crippen LogP contribution in [0.25, 0.3) is 0 Å². The molecule has 0 heterocycles. The number of nitrogens with one attached hydrogen (secondary N) is 1. The monoisotopic (exact) mass is 228 g/mol. The van der Waals surface area contributed by atoms with Crippen LogP contribution in [0.4, 0.5) is 0 Å². The quantitative estimate of drug-likeness (QED) is 0.516. The Balaban J connectivity index is 3.36. The van der Waals surface area contributed by atoms with Gasteiger partial charge in [-0.25, -0.2) is 0 Å². The van der Waals surface area contributed by atoms with Crippen LogP contribution in [-0.4, -0.2) is 37.6 Å². The Labute approximate surface area is 103 Å². The highest BCUT2D eigenvalue weighted by Gasteiger charge is 2.01. The zero-order valence-electron chi connectivity index (χ0n) is 11.7. The summed E-state index contributed by atoms with van der Waals surface area (Å²) in [7, 11) is 0. The molecule has 0 atom stereocenters. The smallest absolute Gasteiger partial charge is 0.00183 e. The third kappa shape index (κ3) is 10.4. The van der Waals surface area contributed by atoms with Gasteiger partial charge in [0.05, 0.1) is 0 Å². The van der Waals surface area contributed by atoms with Crippen molar-refractivity contribution < 1.29 is 0 Å². The average molecular weight is 228 g/mol. The molecule has 2 heteroatoms. The van der Waals surface area contributed by atoms with E-state index in [1.54, 1.807) is 0 Å². The molecule has 0 fully saturated rings. The van der Waals surface area contributed by atoms with Gasteiger partial charge in [0.25, 0.3) is 0 Å². The summed E-state index contributed by atoms with van der Waals surface area (Å²) in [5.74, 6) is 0. The molecule has 0 aliphatic heterocycles. The minimum Gasteiger partial charge on any atom is -0.317 e. The first-order chi connectivity index (χ1) is 7.85. The lowest BCUT2D eigenvalue weighted by molar-refractivity contribution is 0.264. The molecule has 2 nitrogen and oxygen atoms in total. The van der Waals surface area contributed by atoms with Crippen molar-refractivity contribution in [1.29, 1.82) is 0 Å². The predicted molar refractivity (Wildman–Crippen MR) is 74.0 cm³/mol. The molecule has 0 aromatic carbocycles. The molecule has 0 spiro atoms. The van der Waals surface area contributed by atoms with E-state index in [4.69, 9.17) is 0 Å². The summed E-state index contributed by atoms with van der Waals surface area (Å²) in [6.07, 6.45) is 7.88. The van der Waals surface area contributed by atoms with Crippen LogP contribution < -0.4 is 5.32 Å². The molecule has 1 N–H and O–H groups in total. The number of nitrogens with zero attached hydrogens (tertiary/aromatic N) is 1. The van der Waals surface area contributed by atoms with Crippen LogP contribution >= 0.6 is 0 Å². The molecule has 0 aromatic heterocycles. The van der Waals surface area contributed by atoms with Crippen molar-refractivity contribution in [3.8, 4) is 0 Å². The molecule has 0 bridgehead atoms. The molecule has 0 rings (SSSR count). The van der Waals surface area contributed by atoms with E-state index in [-0.39, 0.29) is 0 Å². The minimum atomic E-state index is 1.18. The molecule has 0 radical (unpaired) electrons. The lowest BCUT2D eigenvalue weighted by Gasteiger charge is -2.21. The Morgan fingerprint density at radius 2 is 1.44 bits per heavy atom. The summed E-state index contributed by atoms with van der Waals surface area (Å²) in [4.78, 5) is 2.63. The van der Waals surface area contributed by atoms with Gasteiger partial charge in [-0.3, -0.25) is 0 Å². The summed E-state index contributed by atoms with van der Waals surface area (Å²) in [5.41, 5.74) is 0. The zero-order valence-corrected chi connectivity index (χ0v) is 11.7. The fourth-order valence-corrected chi connectivity index (χ4v) is 1.92. The van der Waals surface area contributed by atoms with Crippen molar-refractivity contribution in [1.82, 2.24) is 10.2 Å². The molecular weight excluding hydrogens is 196 g/mol. The summed E-state index contributed by atoms with van der Waals surface area (Å²) in [6.45, 7) is 13.0. The van der Waals surface area contributed by atoms with E-state index in [0.29, 0.717) is 0 Å². The molecule has 0 aromatic rings. The molecule has 0 aliphatic rings. The van der Waals surface area contributed by atoms with E-state index < -0.39 is 0 Å². The molecule has 98 valence electrons. The average Bonchev–Trinajstić information content (AvgIpc) is 2.30. The number of rotatable bonds is 12. The Morgan fingerprint density at radius 3 is 2.06 bits per heavy atom. The van der Waals surface area contributed by atoms with Crippen LogP contribution in [0.5, 0.6) is 0 Å². The van der Waals surface area contributed by atoms with Crippen molar-refractivity contribution in [3.63, 3.8) is 0 Å². The van der Waals surface area contributed by atoms with Gasteiger partial charge in [0.1, 0.15) is 0 Å². The second kappa shape index (κ2) is 13.0. The maximum atomic E-state index is 3.47. The van der Waals surface area contributed by atoms with E-state index in [1.165, 1.54) is 71.2 Å². The molecule has 0 aliphatic carbocycles. The van der Waals surface area contributed by atoms with Crippen molar-refractivity contribution >= 4 is 0 Å². The first kappa shape index (κ1) is 15.9. The van der Waals surface area contributed by atoms with Crippen molar-refractivity contribution in [2.75, 3.05) is 32.7 Å². The van der Waals surface area contributed by atoms with Gasteiger partial charge < -0.3 is 10.2 Å². The van der Waals surface area contributed by atoms with Crippen LogP contribution in [0, 0.1) is 0 Å². The summed E-state index contributed by atoms with van der Waals surface area (Å²) < 4.78 is 0. The van der Waals surface area contributed by atoms with Crippen LogP contribution in [0.2, 0.25) is 0 Å². The van der Waals surface area contributed by atoms with Gasteiger partial charge in [0, 0.05) is 0 Å². The highest BCUT2D eigenvalue weighted by Crippen LogP contribution is 2.00. The summed E-state index contributed by atoms with van der Waals surface area (Å²) in [5, 5.41) is 3.47. The van der Waals surface area contributed by atoms with Gasteiger partial charge in [0.2, 0.25) is 0 Å². The van der Waals surface area contributed by atoms with Crippen LogP contribution in [0.3, 0.4) is 0 Å². The maximum absolute atomic E-state index is 3.47. The van der Waals surface area contributed by atoms with Gasteiger partial charge in [-0.05, 0) is 64.8 Å². The topological polar surface area (TPSA) is 15.3 Å². The van der Waals surface area contributed by atoms with Crippen LogP contribution in [0.15, 0.2) is 0 Å². The van der Waals surface area contributed by atoms with Gasteiger partial charge in [-0.2, -0.15) is 0 Å². The number of hydrogen-bond donors (Lipinski definition) is 1. The SMILES string of the molecule is CCCCN(CCC)CCCCNCCC. The Kier molecular flexibility index (Phi) is 12.9. The fourth-order valence-electron chi connectivity index (χ4n) is 1.92. The molecule has 0 saturated heterocycles. The molecular formula is C14H32N2. The van der Waals surface area contributed by atoms with Gasteiger partial charge >= 0.3 is 0 Å². The first-order valence-electron chi connectivity index (χ1n) is 7.28. The first-order valence-corrected chi connectivity index (χ1v) is 7.28. The van der Waals surface area contributed by atoms with Crippen molar-refractivity contribution in [2.45, 2.75) is 59.3 Å². The zero-order chi connectivity index (χ0) is 12.1. The second-order valence-corrected chi connectivity index (χ2v) is 4.65. The van der Waals surface area contributed by atoms with Crippen LogP contribution in [-0.2, 0) is 0 Å². The Hall–Kier alpha value is -0.0800. The molecule has 0 unspecified atom stereocenters. The van der Waals surface area contributed by atoms with E-state index in [0.717, 1.165) is 0 Å². The Morgan fingerprint density at radius 1 is 0.688 bits per heavy atom. The number of hydrogen-bond acceptors (Lipinski definition) is 2. The highest BCUT2D eigenvalue weighted by atomic mass is 15.1. The molecule has 0 amide bonds. The van der Waals surface area contributed by atoms with Crippen molar-refractivity contribution in [2.24, 2.45) is 0 Å². The third-order valence-electron chi connectivity index (χ3n) is 2.87. The van der Waals surface area contributed by atoms with Gasteiger partial charge in [-0.1, -0.05) is 27.2 Å². The predicted octanol–water partition coefficient (Wildman–Crippen LogP) is 3.28. The molecule has 0 saturated carbocycles. The van der Waals surface area contributed by atoms with E-state index in [1.807, 2.05) is 0 Å². The van der Waals surface area contributed by atoms with Gasteiger partial charge in [-0.15, -0.1) is 0 Å². The maximum Gasteiger partial charge on any atom is -0.00183 e. The Bertz CT molecular complexity index is 126. The minimum absolute atomic E-state index is 1.18. The standard InChI is InChI=1S/C14H32N2/c1-4-7-13-16(12-6-3)14-9-8-11-15-10-5-2/h15H,4-14H2,1-3H3. The lowest BCUT2D eigenvalue weighted by atomic mass is 10.2. The van der Waals surface area contributed by atoms with Crippen LogP contribution in [0.1, 0.15) is 59.3 Å². The third-order valence-corrected chi connectivity index (χ3v) is 2.87. The lowest BCUT2D eigenvalue weighted by Crippen LogP contribution is -2.27. The number of unbranched alkanes of at least 4 members (excludes halogenated alkanes) is 2. The van der Waals surface area contributed by atoms with E-state index in [9.17, 15) is 0 Å². The largest absolute Gasteiger partial charge is 0.317 e. The molecule has 16 heavy (non-hydrogen) atoms. The normalized spacial score (nSPS) is 11.2. The summed E-state index contributed by atoms with van der Waals surface area (Å²) in [6, 6.07) is 0. The van der Waals surface area contributed by atoms with Gasteiger partial charge in [0.15, 0.2) is 0 Å². The van der Waals surface area contributed by atoms with E-state index in [2.05, 4.69) is 31.0 Å². The summed E-state index contributed by atoms with van der Waals surface area (Å²) >= 11 is 0. The highest BCUT2D eigenvalue weighted by molar-refractivity contribution is 4.58. The van der Waals surface area contributed by atoms with Crippen molar-refractivity contribution in [3.05, 3.63) is 0 Å². The van der Waals surface area contributed by atoms with E-state index >= 15 is 0 Å². The fraction of sp³-hybridized carbons (Fsp3) is 1.00.